The maximum Gasteiger partial charge on any atom is 0.152 e. The summed E-state index contributed by atoms with van der Waals surface area (Å²) in [5.41, 5.74) is 2.96. The first-order valence-corrected chi connectivity index (χ1v) is 8.98. The molecular weight excluding hydrogens is 306 g/mol. The Bertz CT molecular complexity index is 768. The van der Waals surface area contributed by atoms with Gasteiger partial charge in [-0.15, -0.1) is 11.3 Å². The van der Waals surface area contributed by atoms with E-state index in [0.29, 0.717) is 5.69 Å². The number of thiazole rings is 1. The van der Waals surface area contributed by atoms with Crippen LogP contribution in [0, 0.1) is 25.7 Å². The van der Waals surface area contributed by atoms with Gasteiger partial charge in [0, 0.05) is 22.3 Å². The van der Waals surface area contributed by atoms with Crippen molar-refractivity contribution in [3.8, 4) is 10.6 Å². The van der Waals surface area contributed by atoms with Crippen LogP contribution in [0.15, 0.2) is 24.3 Å². The van der Waals surface area contributed by atoms with Gasteiger partial charge < -0.3 is 0 Å². The zero-order valence-corrected chi connectivity index (χ0v) is 14.2. The van der Waals surface area contributed by atoms with Crippen molar-refractivity contribution >= 4 is 22.9 Å². The maximum absolute atomic E-state index is 12.7. The van der Waals surface area contributed by atoms with Crippen LogP contribution in [0.4, 0.5) is 0 Å². The smallest absolute Gasteiger partial charge is 0.152 e. The van der Waals surface area contributed by atoms with Gasteiger partial charge in [0.05, 0.1) is 5.69 Å². The highest BCUT2D eigenvalue weighted by atomic mass is 32.1. The van der Waals surface area contributed by atoms with Crippen molar-refractivity contribution in [1.82, 2.24) is 4.98 Å². The van der Waals surface area contributed by atoms with E-state index in [1.54, 1.807) is 11.3 Å². The van der Waals surface area contributed by atoms with Crippen molar-refractivity contribution in [1.29, 1.82) is 0 Å². The Balaban J connectivity index is 1.73. The normalized spacial score (nSPS) is 26.8. The number of aryl methyl sites for hydroxylation is 2. The number of carbonyl (C=O) groups excluding carboxylic acids is 2. The third-order valence-electron chi connectivity index (χ3n) is 5.21. The van der Waals surface area contributed by atoms with E-state index in [1.807, 2.05) is 19.1 Å². The molecule has 4 heteroatoms. The molecular formula is C19H19NO2S. The predicted molar refractivity (Wildman–Crippen MR) is 90.6 cm³/mol. The second-order valence-corrected chi connectivity index (χ2v) is 7.97. The minimum Gasteiger partial charge on any atom is -0.298 e. The van der Waals surface area contributed by atoms with Crippen LogP contribution in [0.5, 0.6) is 0 Å². The fraction of sp³-hybridized carbons (Fsp3) is 0.421. The Kier molecular flexibility index (Phi) is 3.45. The zero-order chi connectivity index (χ0) is 16.1. The van der Waals surface area contributed by atoms with Crippen LogP contribution in [-0.2, 0) is 9.59 Å². The van der Waals surface area contributed by atoms with Gasteiger partial charge >= 0.3 is 0 Å². The quantitative estimate of drug-likeness (QED) is 0.782. The van der Waals surface area contributed by atoms with Crippen LogP contribution in [-0.4, -0.2) is 16.6 Å². The molecule has 0 spiro atoms. The number of rotatable bonds is 2. The summed E-state index contributed by atoms with van der Waals surface area (Å²) in [6, 6.07) is 8.21. The van der Waals surface area contributed by atoms with E-state index in [1.165, 1.54) is 5.56 Å². The molecule has 2 bridgehead atoms. The predicted octanol–water partition coefficient (Wildman–Crippen LogP) is 4.08. The van der Waals surface area contributed by atoms with Crippen molar-refractivity contribution in [2.75, 3.05) is 0 Å². The fourth-order valence-electron chi connectivity index (χ4n) is 3.88. The van der Waals surface area contributed by atoms with E-state index in [2.05, 4.69) is 19.1 Å². The first kappa shape index (κ1) is 14.8. The minimum atomic E-state index is -0.614. The number of hydrogen-bond acceptors (Lipinski definition) is 4. The zero-order valence-electron chi connectivity index (χ0n) is 13.3. The van der Waals surface area contributed by atoms with Gasteiger partial charge in [0.1, 0.15) is 10.9 Å². The number of aromatic nitrogens is 1. The van der Waals surface area contributed by atoms with E-state index in [0.717, 1.165) is 34.7 Å². The first-order chi connectivity index (χ1) is 11.0. The SMILES string of the molecule is Cc1ccc(-c2nc(C3C(=O)[C@@H]4CC[C@@H](C4)C3=O)c(C)s2)cc1. The summed E-state index contributed by atoms with van der Waals surface area (Å²) in [6.07, 6.45) is 2.52. The summed E-state index contributed by atoms with van der Waals surface area (Å²) >= 11 is 1.58. The number of carbonyl (C=O) groups is 2. The molecule has 2 aliphatic rings. The number of ketones is 2. The molecule has 1 heterocycles. The third-order valence-corrected chi connectivity index (χ3v) is 6.25. The largest absolute Gasteiger partial charge is 0.298 e. The van der Waals surface area contributed by atoms with Crippen LogP contribution >= 0.6 is 11.3 Å². The van der Waals surface area contributed by atoms with Crippen molar-refractivity contribution in [2.45, 2.75) is 39.0 Å². The van der Waals surface area contributed by atoms with Gasteiger partial charge in [-0.25, -0.2) is 4.98 Å². The van der Waals surface area contributed by atoms with Gasteiger partial charge in [0.15, 0.2) is 11.6 Å². The van der Waals surface area contributed by atoms with Gasteiger partial charge in [-0.05, 0) is 33.1 Å². The number of Topliss-reactive ketones (excluding diaryl/α,β-unsaturated/α-hetero) is 2. The van der Waals surface area contributed by atoms with Gasteiger partial charge in [-0.1, -0.05) is 29.8 Å². The highest BCUT2D eigenvalue weighted by molar-refractivity contribution is 7.15. The van der Waals surface area contributed by atoms with E-state index in [4.69, 9.17) is 4.98 Å². The second kappa shape index (κ2) is 5.38. The molecule has 1 aromatic carbocycles. The molecule has 3 nitrogen and oxygen atoms in total. The Labute approximate surface area is 139 Å². The van der Waals surface area contributed by atoms with E-state index in [-0.39, 0.29) is 23.4 Å². The number of hydrogen-bond donors (Lipinski definition) is 0. The van der Waals surface area contributed by atoms with E-state index < -0.39 is 5.92 Å². The Morgan fingerprint density at radius 2 is 1.61 bits per heavy atom. The molecule has 0 aliphatic heterocycles. The maximum atomic E-state index is 12.7. The Morgan fingerprint density at radius 1 is 1.00 bits per heavy atom. The topological polar surface area (TPSA) is 47.0 Å². The van der Waals surface area contributed by atoms with Gasteiger partial charge in [-0.3, -0.25) is 9.59 Å². The summed E-state index contributed by atoms with van der Waals surface area (Å²) in [4.78, 5) is 31.1. The lowest BCUT2D eigenvalue weighted by Gasteiger charge is -2.24. The lowest BCUT2D eigenvalue weighted by Crippen LogP contribution is -2.35. The van der Waals surface area contributed by atoms with Crippen molar-refractivity contribution < 1.29 is 9.59 Å². The molecule has 1 unspecified atom stereocenters. The van der Waals surface area contributed by atoms with Crippen LogP contribution in [0.2, 0.25) is 0 Å². The fourth-order valence-corrected chi connectivity index (χ4v) is 4.83. The highest BCUT2D eigenvalue weighted by Crippen LogP contribution is 2.45. The average molecular weight is 325 g/mol. The molecule has 0 N–H and O–H groups in total. The first-order valence-electron chi connectivity index (χ1n) is 8.16. The molecule has 1 aromatic heterocycles. The molecule has 3 atom stereocenters. The molecule has 0 saturated heterocycles. The molecule has 0 amide bonds. The number of benzene rings is 1. The lowest BCUT2D eigenvalue weighted by atomic mass is 9.77. The van der Waals surface area contributed by atoms with E-state index in [9.17, 15) is 9.59 Å². The van der Waals surface area contributed by atoms with Crippen molar-refractivity contribution in [3.63, 3.8) is 0 Å². The average Bonchev–Trinajstić information content (AvgIpc) is 3.13. The van der Waals surface area contributed by atoms with E-state index >= 15 is 0 Å². The van der Waals surface area contributed by atoms with Gasteiger partial charge in [0.2, 0.25) is 0 Å². The summed E-state index contributed by atoms with van der Waals surface area (Å²) in [6.45, 7) is 4.03. The Hall–Kier alpha value is -1.81. The molecule has 0 radical (unpaired) electrons. The molecule has 2 saturated carbocycles. The molecule has 23 heavy (non-hydrogen) atoms. The minimum absolute atomic E-state index is 0.0756. The van der Waals surface area contributed by atoms with Crippen LogP contribution in [0.25, 0.3) is 10.6 Å². The Morgan fingerprint density at radius 3 is 2.22 bits per heavy atom. The van der Waals surface area contributed by atoms with Gasteiger partial charge in [0.25, 0.3) is 0 Å². The van der Waals surface area contributed by atoms with Crippen molar-refractivity contribution in [2.24, 2.45) is 11.8 Å². The van der Waals surface area contributed by atoms with Crippen LogP contribution < -0.4 is 0 Å². The summed E-state index contributed by atoms with van der Waals surface area (Å²) < 4.78 is 0. The molecule has 2 aliphatic carbocycles. The van der Waals surface area contributed by atoms with Gasteiger partial charge in [-0.2, -0.15) is 0 Å². The number of nitrogens with zero attached hydrogens (tertiary/aromatic N) is 1. The molecule has 118 valence electrons. The third kappa shape index (κ3) is 2.36. The van der Waals surface area contributed by atoms with Crippen LogP contribution in [0.3, 0.4) is 0 Å². The van der Waals surface area contributed by atoms with Crippen molar-refractivity contribution in [3.05, 3.63) is 40.4 Å². The second-order valence-electron chi connectivity index (χ2n) is 6.77. The summed E-state index contributed by atoms with van der Waals surface area (Å²) in [5.74, 6) is -0.254. The highest BCUT2D eigenvalue weighted by Gasteiger charge is 2.48. The molecule has 4 rings (SSSR count). The monoisotopic (exact) mass is 325 g/mol. The molecule has 2 fully saturated rings. The van der Waals surface area contributed by atoms with Crippen LogP contribution in [0.1, 0.15) is 41.3 Å². The lowest BCUT2D eigenvalue weighted by molar-refractivity contribution is -0.136. The summed E-state index contributed by atoms with van der Waals surface area (Å²) in [5, 5.41) is 0.899. The standard InChI is InChI=1S/C19H19NO2S/c1-10-3-5-12(6-4-10)19-20-16(11(2)23-19)15-17(21)13-7-8-14(9-13)18(15)22/h3-6,13-15H,7-9H2,1-2H3/t13-,14+,15?. The summed E-state index contributed by atoms with van der Waals surface area (Å²) in [7, 11) is 0. The number of fused-ring (bicyclic) bond motifs is 2. The molecule has 2 aromatic rings.